The molecule has 0 aliphatic rings. The maximum absolute atomic E-state index is 9.34. The van der Waals surface area contributed by atoms with Crippen molar-refractivity contribution in [1.29, 1.82) is 0 Å². The highest BCUT2D eigenvalue weighted by atomic mass is 28.5. The molecule has 0 aromatic rings. The molecule has 0 amide bonds. The normalized spacial score (nSPS) is 14.8. The van der Waals surface area contributed by atoms with Gasteiger partial charge in [0, 0.05) is 24.2 Å². The highest BCUT2D eigenvalue weighted by molar-refractivity contribution is 6.74. The molecule has 0 spiro atoms. The van der Waals surface area contributed by atoms with E-state index in [4.69, 9.17) is 28.8 Å². The molecule has 11 nitrogen and oxygen atoms in total. The average Bonchev–Trinajstić information content (AvgIpc) is 2.09. The van der Waals surface area contributed by atoms with Gasteiger partial charge in [0.05, 0.1) is 0 Å². The Morgan fingerprint density at radius 2 is 0.737 bits per heavy atom. The van der Waals surface area contributed by atoms with Crippen LogP contribution in [0, 0.1) is 0 Å². The quantitative estimate of drug-likeness (QED) is 0.186. The smallest absolute Gasteiger partial charge is 0.390 e. The minimum absolute atomic E-state index is 0.768. The summed E-state index contributed by atoms with van der Waals surface area (Å²) in [6.45, 7) is 0. The van der Waals surface area contributed by atoms with Crippen LogP contribution in [0.3, 0.4) is 0 Å². The van der Waals surface area contributed by atoms with E-state index in [1.54, 1.807) is 0 Å². The summed E-state index contributed by atoms with van der Waals surface area (Å²) in [5.74, 6) is 0. The first-order chi connectivity index (χ1) is 8.12. The van der Waals surface area contributed by atoms with Crippen molar-refractivity contribution >= 4 is 35.2 Å². The molecule has 0 aromatic heterocycles. The van der Waals surface area contributed by atoms with Crippen LogP contribution in [0.5, 0.6) is 0 Å². The maximum Gasteiger partial charge on any atom is 0.492 e. The van der Waals surface area contributed by atoms with E-state index in [0.717, 1.165) is 0 Å². The Morgan fingerprint density at radius 1 is 0.474 bits per heavy atom. The van der Waals surface area contributed by atoms with Gasteiger partial charge < -0.3 is 52.1 Å². The molecule has 0 aliphatic carbocycles. The maximum atomic E-state index is 9.34. The van der Waals surface area contributed by atoms with Gasteiger partial charge in [-0.15, -0.1) is 0 Å². The van der Waals surface area contributed by atoms with E-state index < -0.39 is 59.4 Å². The SMILES string of the molecule is O[Si](O)(O)CC[Si](O)(O)O[Si](O)(O)CC[Si](O)(O)O. The summed E-state index contributed by atoms with van der Waals surface area (Å²) in [5, 5.41) is 0. The molecule has 0 bridgehead atoms. The molecular weight excluding hydrogens is 336 g/mol. The third kappa shape index (κ3) is 11.9. The third-order valence-corrected chi connectivity index (χ3v) is 9.16. The fraction of sp³-hybridized carbons (Fsp3) is 1.00. The van der Waals surface area contributed by atoms with Crippen molar-refractivity contribution in [3.8, 4) is 0 Å². The molecule has 19 heavy (non-hydrogen) atoms. The Bertz CT molecular complexity index is 253. The van der Waals surface area contributed by atoms with Crippen LogP contribution in [0.25, 0.3) is 0 Å². The molecule has 15 heteroatoms. The summed E-state index contributed by atoms with van der Waals surface area (Å²) in [5.41, 5.74) is 0. The van der Waals surface area contributed by atoms with Gasteiger partial charge in [-0.1, -0.05) is 0 Å². The third-order valence-electron chi connectivity index (χ3n) is 1.90. The van der Waals surface area contributed by atoms with E-state index in [1.807, 2.05) is 0 Å². The van der Waals surface area contributed by atoms with Crippen LogP contribution in [0.1, 0.15) is 0 Å². The van der Waals surface area contributed by atoms with Crippen molar-refractivity contribution in [3.05, 3.63) is 0 Å². The van der Waals surface area contributed by atoms with Crippen molar-refractivity contribution in [2.24, 2.45) is 0 Å². The van der Waals surface area contributed by atoms with Crippen LogP contribution in [0.15, 0.2) is 0 Å². The van der Waals surface area contributed by atoms with Crippen LogP contribution < -0.4 is 0 Å². The molecule has 0 radical (unpaired) electrons. The molecule has 10 N–H and O–H groups in total. The zero-order chi connectivity index (χ0) is 15.5. The van der Waals surface area contributed by atoms with Gasteiger partial charge in [-0.3, -0.25) is 0 Å². The predicted octanol–water partition coefficient (Wildman–Crippen LogP) is -5.32. The number of hydrogen-bond donors (Lipinski definition) is 10. The number of hydrogen-bond acceptors (Lipinski definition) is 11. The highest BCUT2D eigenvalue weighted by Crippen LogP contribution is 2.19. The minimum atomic E-state index is -4.66. The molecule has 0 aromatic carbocycles. The second-order valence-corrected chi connectivity index (χ2v) is 13.0. The van der Waals surface area contributed by atoms with Crippen LogP contribution in [-0.2, 0) is 4.12 Å². The molecule has 0 saturated heterocycles. The Morgan fingerprint density at radius 3 is 0.947 bits per heavy atom. The molecule has 0 fully saturated rings. The Labute approximate surface area is 112 Å². The van der Waals surface area contributed by atoms with E-state index in [9.17, 15) is 19.2 Å². The van der Waals surface area contributed by atoms with Gasteiger partial charge in [0.15, 0.2) is 0 Å². The van der Waals surface area contributed by atoms with E-state index >= 15 is 0 Å². The van der Waals surface area contributed by atoms with Crippen LogP contribution in [-0.4, -0.2) is 83.2 Å². The van der Waals surface area contributed by atoms with E-state index in [0.29, 0.717) is 0 Å². The van der Waals surface area contributed by atoms with Crippen molar-refractivity contribution in [1.82, 2.24) is 0 Å². The Kier molecular flexibility index (Phi) is 6.61. The first-order valence-corrected chi connectivity index (χ1v) is 13.2. The van der Waals surface area contributed by atoms with Crippen molar-refractivity contribution < 1.29 is 52.1 Å². The fourth-order valence-corrected chi connectivity index (χ4v) is 9.22. The van der Waals surface area contributed by atoms with Crippen LogP contribution >= 0.6 is 0 Å². The van der Waals surface area contributed by atoms with Crippen molar-refractivity contribution in [3.63, 3.8) is 0 Å². The summed E-state index contributed by atoms with van der Waals surface area (Å²) >= 11 is 0. The summed E-state index contributed by atoms with van der Waals surface area (Å²) in [4.78, 5) is 89.4. The summed E-state index contributed by atoms with van der Waals surface area (Å²) < 4.78 is 4.29. The van der Waals surface area contributed by atoms with Gasteiger partial charge in [-0.05, 0) is 0 Å². The topological polar surface area (TPSA) is 212 Å². The second-order valence-electron chi connectivity index (χ2n) is 4.14. The Hall–Kier alpha value is 0.428. The van der Waals surface area contributed by atoms with Gasteiger partial charge in [0.1, 0.15) is 0 Å². The summed E-state index contributed by atoms with van der Waals surface area (Å²) in [6.07, 6.45) is 0. The lowest BCUT2D eigenvalue weighted by Crippen LogP contribution is -2.54. The van der Waals surface area contributed by atoms with Crippen LogP contribution in [0.2, 0.25) is 24.2 Å². The van der Waals surface area contributed by atoms with Gasteiger partial charge >= 0.3 is 35.2 Å². The predicted molar refractivity (Wildman–Crippen MR) is 65.5 cm³/mol. The van der Waals surface area contributed by atoms with E-state index in [2.05, 4.69) is 4.12 Å². The van der Waals surface area contributed by atoms with E-state index in [1.165, 1.54) is 0 Å². The van der Waals surface area contributed by atoms with Crippen LogP contribution in [0.4, 0.5) is 0 Å². The lowest BCUT2D eigenvalue weighted by molar-refractivity contribution is 0.150. The molecule has 0 atom stereocenters. The summed E-state index contributed by atoms with van der Waals surface area (Å²) in [7, 11) is -18.3. The van der Waals surface area contributed by atoms with Gasteiger partial charge in [-0.25, -0.2) is 0 Å². The molecule has 0 unspecified atom stereocenters. The molecule has 0 heterocycles. The zero-order valence-electron chi connectivity index (χ0n) is 9.71. The average molecular weight is 355 g/mol. The summed E-state index contributed by atoms with van der Waals surface area (Å²) in [6, 6.07) is -3.10. The monoisotopic (exact) mass is 354 g/mol. The van der Waals surface area contributed by atoms with Crippen molar-refractivity contribution in [2.45, 2.75) is 24.2 Å². The standard InChI is InChI=1S/C4H18O11Si4/c5-16(6,7)1-3-18(11,12)15-19(13,14)4-2-17(8,9)10/h5-14H,1-4H2. The molecule has 0 aliphatic heterocycles. The molecule has 0 rings (SSSR count). The fourth-order valence-electron chi connectivity index (χ4n) is 1.02. The second kappa shape index (κ2) is 6.46. The number of rotatable bonds is 8. The van der Waals surface area contributed by atoms with E-state index in [-0.39, 0.29) is 0 Å². The van der Waals surface area contributed by atoms with Gasteiger partial charge in [0.2, 0.25) is 0 Å². The molecular formula is C4H18O11Si4. The lowest BCUT2D eigenvalue weighted by atomic mass is 11.0. The van der Waals surface area contributed by atoms with Crippen molar-refractivity contribution in [2.75, 3.05) is 0 Å². The molecule has 116 valence electrons. The highest BCUT2D eigenvalue weighted by Gasteiger charge is 2.48. The molecule has 0 saturated carbocycles. The first kappa shape index (κ1) is 19.4. The lowest BCUT2D eigenvalue weighted by Gasteiger charge is -2.26. The van der Waals surface area contributed by atoms with Gasteiger partial charge in [-0.2, -0.15) is 0 Å². The first-order valence-electron chi connectivity index (χ1n) is 5.06. The zero-order valence-corrected chi connectivity index (χ0v) is 13.7. The Balaban J connectivity index is 4.37. The minimum Gasteiger partial charge on any atom is -0.390 e. The van der Waals surface area contributed by atoms with Gasteiger partial charge in [0.25, 0.3) is 0 Å². The largest absolute Gasteiger partial charge is 0.492 e.